The fourth-order valence-electron chi connectivity index (χ4n) is 3.45. The lowest BCUT2D eigenvalue weighted by Gasteiger charge is -2.13. The van der Waals surface area contributed by atoms with Crippen LogP contribution in [-0.4, -0.2) is 26.7 Å². The molecule has 186 valence electrons. The van der Waals surface area contributed by atoms with E-state index >= 15 is 0 Å². The molecule has 0 atom stereocenters. The van der Waals surface area contributed by atoms with E-state index in [0.717, 1.165) is 17.8 Å². The van der Waals surface area contributed by atoms with Crippen LogP contribution in [-0.2, 0) is 12.2 Å². The van der Waals surface area contributed by atoms with E-state index in [0.29, 0.717) is 45.6 Å². The van der Waals surface area contributed by atoms with Gasteiger partial charge in [-0.2, -0.15) is 10.5 Å². The van der Waals surface area contributed by atoms with E-state index in [-0.39, 0.29) is 29.2 Å². The summed E-state index contributed by atoms with van der Waals surface area (Å²) in [4.78, 5) is 13.1. The predicted octanol–water partition coefficient (Wildman–Crippen LogP) is 5.16. The van der Waals surface area contributed by atoms with E-state index in [4.69, 9.17) is 10.8 Å². The second kappa shape index (κ2) is 11.8. The summed E-state index contributed by atoms with van der Waals surface area (Å²) < 4.78 is 27.1. The maximum Gasteiger partial charge on any atom is 0.187 e. The molecule has 0 unspecified atom stereocenters. The van der Waals surface area contributed by atoms with Crippen molar-refractivity contribution in [1.82, 2.24) is 15.0 Å². The zero-order chi connectivity index (χ0) is 26.4. The Bertz CT molecular complexity index is 1510. The fraction of sp³-hybridized carbons (Fsp3) is 0.160. The smallest absolute Gasteiger partial charge is 0.187 e. The number of hydrogen-bond donors (Lipinski definition) is 3. The number of hydrogen-bond acceptors (Lipinski definition) is 10. The van der Waals surface area contributed by atoms with Crippen LogP contribution in [0.25, 0.3) is 11.1 Å². The number of thioether (sulfide) groups is 1. The molecule has 0 bridgehead atoms. The number of halogens is 2. The number of aromatic nitrogens is 3. The van der Waals surface area contributed by atoms with Crippen LogP contribution in [0.4, 0.5) is 25.4 Å². The van der Waals surface area contributed by atoms with Gasteiger partial charge in [-0.05, 0) is 31.0 Å². The molecule has 0 aliphatic heterocycles. The fourth-order valence-corrected chi connectivity index (χ4v) is 5.17. The summed E-state index contributed by atoms with van der Waals surface area (Å²) in [5.41, 5.74) is 8.80. The normalized spacial score (nSPS) is 10.6. The van der Waals surface area contributed by atoms with Crippen molar-refractivity contribution in [3.05, 3.63) is 76.1 Å². The van der Waals surface area contributed by atoms with E-state index in [9.17, 15) is 19.3 Å². The Kier molecular flexibility index (Phi) is 8.25. The van der Waals surface area contributed by atoms with Crippen molar-refractivity contribution in [2.24, 2.45) is 0 Å². The predicted molar refractivity (Wildman–Crippen MR) is 138 cm³/mol. The van der Waals surface area contributed by atoms with Gasteiger partial charge in [-0.1, -0.05) is 17.8 Å². The number of thiazole rings is 1. The third-order valence-electron chi connectivity index (χ3n) is 5.20. The summed E-state index contributed by atoms with van der Waals surface area (Å²) >= 11 is 2.47. The Labute approximate surface area is 219 Å². The van der Waals surface area contributed by atoms with Crippen LogP contribution in [0, 0.1) is 34.3 Å². The first-order chi connectivity index (χ1) is 17.9. The Hall–Kier alpha value is -4.10. The van der Waals surface area contributed by atoms with Crippen LogP contribution in [0.2, 0.25) is 0 Å². The van der Waals surface area contributed by atoms with Crippen molar-refractivity contribution in [3.8, 4) is 23.3 Å². The van der Waals surface area contributed by atoms with Gasteiger partial charge in [-0.25, -0.2) is 18.7 Å². The summed E-state index contributed by atoms with van der Waals surface area (Å²) in [6, 6.07) is 11.0. The summed E-state index contributed by atoms with van der Waals surface area (Å²) in [5, 5.41) is 34.0. The standard InChI is InChI=1S/C25H19F2N7OS2/c26-15-4-6-21(20(27)8-15)33-25-32-17(13-37-25)12-36-24-19(10-29)22(18(9-28)23(30)34-24)14-3-5-16(31-11-14)2-1-7-35/h3-6,8,11,13,35H,1-2,7,12H2,(H2,30,34)(H,32,33). The van der Waals surface area contributed by atoms with Crippen molar-refractivity contribution in [1.29, 1.82) is 10.5 Å². The first-order valence-corrected chi connectivity index (χ1v) is 12.8. The van der Waals surface area contributed by atoms with Crippen molar-refractivity contribution < 1.29 is 13.9 Å². The molecule has 4 rings (SSSR count). The average Bonchev–Trinajstić information content (AvgIpc) is 3.35. The minimum absolute atomic E-state index is 0.00391. The molecule has 37 heavy (non-hydrogen) atoms. The molecule has 4 aromatic rings. The van der Waals surface area contributed by atoms with Crippen molar-refractivity contribution in [3.63, 3.8) is 0 Å². The maximum absolute atomic E-state index is 13.9. The molecule has 0 spiro atoms. The number of pyridine rings is 2. The molecular weight excluding hydrogens is 516 g/mol. The van der Waals surface area contributed by atoms with Crippen LogP contribution >= 0.6 is 23.1 Å². The van der Waals surface area contributed by atoms with Gasteiger partial charge in [0.05, 0.1) is 16.9 Å². The molecule has 8 nitrogen and oxygen atoms in total. The van der Waals surface area contributed by atoms with Crippen molar-refractivity contribution in [2.45, 2.75) is 23.6 Å². The van der Waals surface area contributed by atoms with E-state index in [1.807, 2.05) is 6.07 Å². The third kappa shape index (κ3) is 6.01. The molecule has 3 aromatic heterocycles. The van der Waals surface area contributed by atoms with Gasteiger partial charge >= 0.3 is 0 Å². The highest BCUT2D eigenvalue weighted by atomic mass is 32.2. The van der Waals surface area contributed by atoms with Gasteiger partial charge in [0, 0.05) is 46.8 Å². The minimum Gasteiger partial charge on any atom is -0.396 e. The number of nitrogens with zero attached hydrogens (tertiary/aromatic N) is 5. The number of nitrogen functional groups attached to an aromatic ring is 1. The summed E-state index contributed by atoms with van der Waals surface area (Å²) in [6.07, 6.45) is 2.75. The molecule has 1 aromatic carbocycles. The van der Waals surface area contributed by atoms with E-state index in [1.165, 1.54) is 29.2 Å². The van der Waals surface area contributed by atoms with Crippen LogP contribution in [0.3, 0.4) is 0 Å². The molecule has 0 aliphatic rings. The molecule has 3 heterocycles. The summed E-state index contributed by atoms with van der Waals surface area (Å²) in [5.74, 6) is -1.08. The van der Waals surface area contributed by atoms with Crippen LogP contribution in [0.5, 0.6) is 0 Å². The van der Waals surface area contributed by atoms with Gasteiger partial charge < -0.3 is 16.2 Å². The second-order valence-electron chi connectivity index (χ2n) is 7.70. The first kappa shape index (κ1) is 26.0. The molecule has 0 fully saturated rings. The Morgan fingerprint density at radius 3 is 2.57 bits per heavy atom. The SMILES string of the molecule is N#Cc1c(N)nc(SCc2csc(Nc3ccc(F)cc3F)n2)c(C#N)c1-c1ccc(CCCO)nc1. The lowest BCUT2D eigenvalue weighted by Crippen LogP contribution is -2.04. The van der Waals surface area contributed by atoms with Gasteiger partial charge in [0.15, 0.2) is 5.13 Å². The highest BCUT2D eigenvalue weighted by Crippen LogP contribution is 2.37. The Morgan fingerprint density at radius 2 is 1.89 bits per heavy atom. The Balaban J connectivity index is 1.58. The Morgan fingerprint density at radius 1 is 1.08 bits per heavy atom. The number of rotatable bonds is 9. The van der Waals surface area contributed by atoms with Gasteiger partial charge in [-0.3, -0.25) is 4.98 Å². The minimum atomic E-state index is -0.731. The molecule has 12 heteroatoms. The number of nitrogens with one attached hydrogen (secondary N) is 1. The molecule has 0 saturated carbocycles. The topological polar surface area (TPSA) is 145 Å². The number of nitrogens with two attached hydrogens (primary N) is 1. The van der Waals surface area contributed by atoms with Crippen molar-refractivity contribution in [2.75, 3.05) is 17.7 Å². The van der Waals surface area contributed by atoms with Crippen LogP contribution in [0.1, 0.15) is 28.9 Å². The second-order valence-corrected chi connectivity index (χ2v) is 9.52. The lowest BCUT2D eigenvalue weighted by atomic mass is 9.98. The average molecular weight is 536 g/mol. The number of anilines is 3. The highest BCUT2D eigenvalue weighted by molar-refractivity contribution is 7.98. The zero-order valence-electron chi connectivity index (χ0n) is 19.2. The molecule has 4 N–H and O–H groups in total. The quantitative estimate of drug-likeness (QED) is 0.247. The van der Waals surface area contributed by atoms with E-state index in [1.54, 1.807) is 23.7 Å². The lowest BCUT2D eigenvalue weighted by molar-refractivity contribution is 0.288. The maximum atomic E-state index is 13.9. The highest BCUT2D eigenvalue weighted by Gasteiger charge is 2.21. The number of aliphatic hydroxyl groups is 1. The molecule has 0 radical (unpaired) electrons. The molecular formula is C25H19F2N7OS2. The zero-order valence-corrected chi connectivity index (χ0v) is 20.8. The third-order valence-corrected chi connectivity index (χ3v) is 7.02. The van der Waals surface area contributed by atoms with E-state index < -0.39 is 11.6 Å². The number of aryl methyl sites for hydroxylation is 1. The van der Waals surface area contributed by atoms with Crippen LogP contribution < -0.4 is 11.1 Å². The van der Waals surface area contributed by atoms with Crippen molar-refractivity contribution >= 4 is 39.7 Å². The molecule has 0 amide bonds. The monoisotopic (exact) mass is 535 g/mol. The number of nitriles is 2. The summed E-state index contributed by atoms with van der Waals surface area (Å²) in [7, 11) is 0. The van der Waals surface area contributed by atoms with Gasteiger partial charge in [0.1, 0.15) is 40.2 Å². The molecule has 0 aliphatic carbocycles. The van der Waals surface area contributed by atoms with Gasteiger partial charge in [0.2, 0.25) is 0 Å². The van der Waals surface area contributed by atoms with Crippen LogP contribution in [0.15, 0.2) is 46.9 Å². The van der Waals surface area contributed by atoms with Gasteiger partial charge in [0.25, 0.3) is 0 Å². The molecule has 0 saturated heterocycles. The van der Waals surface area contributed by atoms with Gasteiger partial charge in [-0.15, -0.1) is 11.3 Å². The van der Waals surface area contributed by atoms with E-state index in [2.05, 4.69) is 26.3 Å². The first-order valence-electron chi connectivity index (χ1n) is 10.9. The number of benzene rings is 1. The number of aliphatic hydroxyl groups excluding tert-OH is 1. The largest absolute Gasteiger partial charge is 0.396 e. The summed E-state index contributed by atoms with van der Waals surface area (Å²) in [6.45, 7) is 0.0573.